The number of likely N-dealkylation sites (N-methyl/N-ethyl adjacent to an activating group) is 1. The minimum Gasteiger partial charge on any atom is -0.464 e. The van der Waals surface area contributed by atoms with Crippen LogP contribution in [0.5, 0.6) is 0 Å². The highest BCUT2D eigenvalue weighted by Crippen LogP contribution is 1.83. The summed E-state index contributed by atoms with van der Waals surface area (Å²) >= 11 is 0. The van der Waals surface area contributed by atoms with E-state index >= 15 is 0 Å². The summed E-state index contributed by atoms with van der Waals surface area (Å²) < 4.78 is 4.30. The van der Waals surface area contributed by atoms with Gasteiger partial charge in [-0.1, -0.05) is 20.4 Å². The van der Waals surface area contributed by atoms with Crippen LogP contribution in [0.2, 0.25) is 0 Å². The van der Waals surface area contributed by atoms with Crippen LogP contribution < -0.4 is 5.32 Å². The second kappa shape index (κ2) is 8.01. The highest BCUT2D eigenvalue weighted by atomic mass is 16.5. The SMILES string of the molecule is C=C(NC)C(=O)OC.CC. The number of nitrogens with one attached hydrogen (secondary N) is 1. The molecule has 0 radical (unpaired) electrons. The maximum absolute atomic E-state index is 10.4. The number of methoxy groups -OCH3 is 1. The molecule has 3 heteroatoms. The highest BCUT2D eigenvalue weighted by Gasteiger charge is 2.00. The van der Waals surface area contributed by atoms with Gasteiger partial charge >= 0.3 is 5.97 Å². The van der Waals surface area contributed by atoms with Crippen LogP contribution in [-0.4, -0.2) is 20.1 Å². The predicted molar refractivity (Wildman–Crippen MR) is 41.6 cm³/mol. The van der Waals surface area contributed by atoms with Gasteiger partial charge in [-0.05, 0) is 0 Å². The number of rotatable bonds is 2. The number of hydrogen-bond donors (Lipinski definition) is 1. The van der Waals surface area contributed by atoms with Crippen molar-refractivity contribution in [2.45, 2.75) is 13.8 Å². The minimum absolute atomic E-state index is 0.271. The third-order valence-corrected chi connectivity index (χ3v) is 0.734. The van der Waals surface area contributed by atoms with E-state index in [0.717, 1.165) is 0 Å². The fraction of sp³-hybridized carbons (Fsp3) is 0.571. The van der Waals surface area contributed by atoms with E-state index in [-0.39, 0.29) is 5.70 Å². The monoisotopic (exact) mass is 145 g/mol. The van der Waals surface area contributed by atoms with E-state index in [1.165, 1.54) is 7.11 Å². The Morgan fingerprint density at radius 3 is 2.00 bits per heavy atom. The number of ether oxygens (including phenoxy) is 1. The summed E-state index contributed by atoms with van der Waals surface area (Å²) in [5.74, 6) is -0.424. The summed E-state index contributed by atoms with van der Waals surface area (Å²) in [5.41, 5.74) is 0.271. The molecule has 0 atom stereocenters. The lowest BCUT2D eigenvalue weighted by Gasteiger charge is -1.98. The molecule has 1 N–H and O–H groups in total. The molecule has 0 amide bonds. The van der Waals surface area contributed by atoms with Gasteiger partial charge in [-0.3, -0.25) is 0 Å². The molecular weight excluding hydrogens is 130 g/mol. The van der Waals surface area contributed by atoms with E-state index in [1.807, 2.05) is 13.8 Å². The topological polar surface area (TPSA) is 38.3 Å². The zero-order valence-electron chi connectivity index (χ0n) is 7.02. The molecule has 0 aromatic rings. The van der Waals surface area contributed by atoms with Crippen molar-refractivity contribution in [3.05, 3.63) is 12.3 Å². The summed E-state index contributed by atoms with van der Waals surface area (Å²) in [6.07, 6.45) is 0. The molecule has 0 aliphatic rings. The maximum atomic E-state index is 10.4. The van der Waals surface area contributed by atoms with E-state index in [0.29, 0.717) is 0 Å². The van der Waals surface area contributed by atoms with Gasteiger partial charge in [0.2, 0.25) is 0 Å². The molecule has 0 saturated heterocycles. The summed E-state index contributed by atoms with van der Waals surface area (Å²) in [6.45, 7) is 7.36. The van der Waals surface area contributed by atoms with Crippen LogP contribution in [-0.2, 0) is 9.53 Å². The smallest absolute Gasteiger partial charge is 0.353 e. The third-order valence-electron chi connectivity index (χ3n) is 0.734. The lowest BCUT2D eigenvalue weighted by Crippen LogP contribution is -2.15. The summed E-state index contributed by atoms with van der Waals surface area (Å²) in [4.78, 5) is 10.4. The fourth-order valence-electron chi connectivity index (χ4n) is 0.225. The van der Waals surface area contributed by atoms with Crippen molar-refractivity contribution < 1.29 is 9.53 Å². The molecule has 60 valence electrons. The maximum Gasteiger partial charge on any atom is 0.353 e. The Balaban J connectivity index is 0. The Morgan fingerprint density at radius 2 is 1.90 bits per heavy atom. The van der Waals surface area contributed by atoms with Crippen LogP contribution in [0.3, 0.4) is 0 Å². The third kappa shape index (κ3) is 5.15. The fourth-order valence-corrected chi connectivity index (χ4v) is 0.225. The zero-order valence-corrected chi connectivity index (χ0v) is 7.02. The number of hydrogen-bond acceptors (Lipinski definition) is 3. The Hall–Kier alpha value is -0.990. The predicted octanol–water partition coefficient (Wildman–Crippen LogP) is 0.919. The second-order valence-electron chi connectivity index (χ2n) is 1.22. The van der Waals surface area contributed by atoms with Crippen LogP contribution >= 0.6 is 0 Å². The van der Waals surface area contributed by atoms with Crippen molar-refractivity contribution in [2.75, 3.05) is 14.2 Å². The molecule has 0 heterocycles. The van der Waals surface area contributed by atoms with Crippen LogP contribution in [0.25, 0.3) is 0 Å². The van der Waals surface area contributed by atoms with Gasteiger partial charge in [-0.2, -0.15) is 0 Å². The molecule has 0 aromatic carbocycles. The normalized spacial score (nSPS) is 6.80. The Morgan fingerprint density at radius 1 is 1.50 bits per heavy atom. The molecule has 0 aliphatic heterocycles. The number of carbonyl (C=O) groups is 1. The lowest BCUT2D eigenvalue weighted by atomic mass is 10.5. The molecule has 3 nitrogen and oxygen atoms in total. The Labute approximate surface area is 62.1 Å². The molecule has 10 heavy (non-hydrogen) atoms. The number of esters is 1. The van der Waals surface area contributed by atoms with Crippen LogP contribution in [0.15, 0.2) is 12.3 Å². The summed E-state index contributed by atoms with van der Waals surface area (Å²) in [7, 11) is 2.92. The molecule has 0 saturated carbocycles. The van der Waals surface area contributed by atoms with Gasteiger partial charge in [0.25, 0.3) is 0 Å². The molecule has 0 unspecified atom stereocenters. The molecule has 0 rings (SSSR count). The van der Waals surface area contributed by atoms with Gasteiger partial charge in [-0.25, -0.2) is 4.79 Å². The first-order valence-corrected chi connectivity index (χ1v) is 3.17. The van der Waals surface area contributed by atoms with Gasteiger partial charge in [0.05, 0.1) is 7.11 Å². The zero-order chi connectivity index (χ0) is 8.57. The molecule has 0 bridgehead atoms. The van der Waals surface area contributed by atoms with Crippen LogP contribution in [0.4, 0.5) is 0 Å². The summed E-state index contributed by atoms with van der Waals surface area (Å²) in [5, 5.41) is 2.55. The van der Waals surface area contributed by atoms with Crippen molar-refractivity contribution in [3.63, 3.8) is 0 Å². The average Bonchev–Trinajstić information content (AvgIpc) is 2.05. The van der Waals surface area contributed by atoms with Crippen molar-refractivity contribution in [2.24, 2.45) is 0 Å². The van der Waals surface area contributed by atoms with Gasteiger partial charge < -0.3 is 10.1 Å². The van der Waals surface area contributed by atoms with E-state index in [1.54, 1.807) is 7.05 Å². The van der Waals surface area contributed by atoms with Crippen molar-refractivity contribution >= 4 is 5.97 Å². The van der Waals surface area contributed by atoms with Gasteiger partial charge in [0, 0.05) is 7.05 Å². The van der Waals surface area contributed by atoms with E-state index < -0.39 is 5.97 Å². The largest absolute Gasteiger partial charge is 0.464 e. The van der Waals surface area contributed by atoms with Crippen molar-refractivity contribution in [1.29, 1.82) is 0 Å². The highest BCUT2D eigenvalue weighted by molar-refractivity contribution is 5.86. The molecule has 0 spiro atoms. The van der Waals surface area contributed by atoms with Gasteiger partial charge in [0.1, 0.15) is 5.70 Å². The molecule has 0 aliphatic carbocycles. The summed E-state index contributed by atoms with van der Waals surface area (Å²) in [6, 6.07) is 0. The average molecular weight is 145 g/mol. The molecular formula is C7H15NO2. The quantitative estimate of drug-likeness (QED) is 0.464. The molecule has 0 aromatic heterocycles. The molecule has 0 fully saturated rings. The number of carbonyl (C=O) groups excluding carboxylic acids is 1. The van der Waals surface area contributed by atoms with Gasteiger partial charge in [-0.15, -0.1) is 0 Å². The first-order chi connectivity index (χ1) is 4.72. The van der Waals surface area contributed by atoms with E-state index in [9.17, 15) is 4.79 Å². The van der Waals surface area contributed by atoms with Crippen LogP contribution in [0.1, 0.15) is 13.8 Å². The Bertz CT molecular complexity index is 96.2. The second-order valence-corrected chi connectivity index (χ2v) is 1.22. The minimum atomic E-state index is -0.424. The Kier molecular flexibility index (Phi) is 9.42. The van der Waals surface area contributed by atoms with E-state index in [4.69, 9.17) is 0 Å². The van der Waals surface area contributed by atoms with Crippen molar-refractivity contribution in [1.82, 2.24) is 5.32 Å². The standard InChI is InChI=1S/C5H9NO2.C2H6/c1-4(6-2)5(7)8-3;1-2/h6H,1H2,2-3H3;1-2H3. The first-order valence-electron chi connectivity index (χ1n) is 3.17. The van der Waals surface area contributed by atoms with E-state index in [2.05, 4.69) is 16.6 Å². The van der Waals surface area contributed by atoms with Crippen LogP contribution in [0, 0.1) is 0 Å². The first kappa shape index (κ1) is 11.8. The lowest BCUT2D eigenvalue weighted by molar-refractivity contribution is -0.136. The van der Waals surface area contributed by atoms with Gasteiger partial charge in [0.15, 0.2) is 0 Å². The van der Waals surface area contributed by atoms with Crippen molar-refractivity contribution in [3.8, 4) is 0 Å².